The maximum Gasteiger partial charge on any atom is 0.307 e. The van der Waals surface area contributed by atoms with Gasteiger partial charge in [-0.15, -0.1) is 0 Å². The number of esters is 1. The second kappa shape index (κ2) is 7.71. The van der Waals surface area contributed by atoms with Crippen molar-refractivity contribution in [1.29, 1.82) is 0 Å². The highest BCUT2D eigenvalue weighted by Gasteiger charge is 2.28. The minimum Gasteiger partial charge on any atom is -0.481 e. The summed E-state index contributed by atoms with van der Waals surface area (Å²) in [5.74, 6) is -2.20. The van der Waals surface area contributed by atoms with Crippen LogP contribution in [0.25, 0.3) is 0 Å². The molecule has 0 fully saturated rings. The summed E-state index contributed by atoms with van der Waals surface area (Å²) in [6.45, 7) is -0.807. The zero-order chi connectivity index (χ0) is 13.4. The van der Waals surface area contributed by atoms with Crippen LogP contribution in [0.2, 0.25) is 0 Å². The molecule has 0 rings (SSSR count). The third kappa shape index (κ3) is 5.95. The molecule has 0 aliphatic rings. The molecule has 0 aromatic rings. The topological polar surface area (TPSA) is 141 Å². The fourth-order valence-corrected chi connectivity index (χ4v) is 0.925. The minimum absolute atomic E-state index is 0.0855. The highest BCUT2D eigenvalue weighted by Crippen LogP contribution is 2.05. The SMILES string of the molecule is O=C[C@H](OC(=O)CCC(=O)O)[C@@H](O)[C@H](O)CO. The van der Waals surface area contributed by atoms with Crippen LogP contribution < -0.4 is 0 Å². The van der Waals surface area contributed by atoms with Crippen molar-refractivity contribution in [3.63, 3.8) is 0 Å². The monoisotopic (exact) mass is 250 g/mol. The van der Waals surface area contributed by atoms with E-state index >= 15 is 0 Å². The zero-order valence-corrected chi connectivity index (χ0v) is 8.85. The molecule has 17 heavy (non-hydrogen) atoms. The van der Waals surface area contributed by atoms with E-state index in [2.05, 4.69) is 4.74 Å². The number of carboxylic acid groups (broad SMARTS) is 1. The van der Waals surface area contributed by atoms with Gasteiger partial charge in [-0.1, -0.05) is 0 Å². The number of carbonyl (C=O) groups excluding carboxylic acids is 2. The molecule has 0 aromatic heterocycles. The molecule has 0 radical (unpaired) electrons. The van der Waals surface area contributed by atoms with Crippen molar-refractivity contribution in [2.45, 2.75) is 31.2 Å². The predicted molar refractivity (Wildman–Crippen MR) is 51.9 cm³/mol. The van der Waals surface area contributed by atoms with E-state index in [4.69, 9.17) is 15.3 Å². The third-order valence-corrected chi connectivity index (χ3v) is 1.86. The van der Waals surface area contributed by atoms with Crippen LogP contribution in [0.4, 0.5) is 0 Å². The van der Waals surface area contributed by atoms with Gasteiger partial charge in [-0.05, 0) is 0 Å². The van der Waals surface area contributed by atoms with Gasteiger partial charge in [0.15, 0.2) is 12.4 Å². The molecule has 0 saturated heterocycles. The van der Waals surface area contributed by atoms with Crippen molar-refractivity contribution in [1.82, 2.24) is 0 Å². The fraction of sp³-hybridized carbons (Fsp3) is 0.667. The molecule has 8 heteroatoms. The molecule has 0 unspecified atom stereocenters. The maximum atomic E-state index is 11.0. The molecule has 0 bridgehead atoms. The average Bonchev–Trinajstić information content (AvgIpc) is 2.31. The van der Waals surface area contributed by atoms with Gasteiger partial charge >= 0.3 is 11.9 Å². The number of aliphatic hydroxyl groups is 3. The summed E-state index contributed by atoms with van der Waals surface area (Å²) in [7, 11) is 0. The summed E-state index contributed by atoms with van der Waals surface area (Å²) in [5, 5.41) is 35.1. The largest absolute Gasteiger partial charge is 0.481 e. The Morgan fingerprint density at radius 2 is 1.82 bits per heavy atom. The van der Waals surface area contributed by atoms with Crippen molar-refractivity contribution in [2.24, 2.45) is 0 Å². The van der Waals surface area contributed by atoms with Crippen LogP contribution in [0.3, 0.4) is 0 Å². The van der Waals surface area contributed by atoms with E-state index in [1.54, 1.807) is 0 Å². The number of aliphatic hydroxyl groups excluding tert-OH is 3. The summed E-state index contributed by atoms with van der Waals surface area (Å²) < 4.78 is 4.44. The zero-order valence-electron chi connectivity index (χ0n) is 8.85. The summed E-state index contributed by atoms with van der Waals surface area (Å²) in [6, 6.07) is 0. The quantitative estimate of drug-likeness (QED) is 0.278. The molecule has 0 aliphatic heterocycles. The molecule has 4 N–H and O–H groups in total. The first kappa shape index (κ1) is 15.5. The maximum absolute atomic E-state index is 11.0. The lowest BCUT2D eigenvalue weighted by Crippen LogP contribution is -2.43. The smallest absolute Gasteiger partial charge is 0.307 e. The van der Waals surface area contributed by atoms with E-state index in [1.807, 2.05) is 0 Å². The highest BCUT2D eigenvalue weighted by molar-refractivity contribution is 5.78. The Labute approximate surface area is 96.4 Å². The number of hydrogen-bond donors (Lipinski definition) is 4. The fourth-order valence-electron chi connectivity index (χ4n) is 0.925. The summed E-state index contributed by atoms with van der Waals surface area (Å²) in [4.78, 5) is 31.7. The van der Waals surface area contributed by atoms with E-state index in [9.17, 15) is 19.5 Å². The molecule has 8 nitrogen and oxygen atoms in total. The van der Waals surface area contributed by atoms with E-state index < -0.39 is 49.7 Å². The molecule has 0 saturated carbocycles. The molecule has 98 valence electrons. The van der Waals surface area contributed by atoms with Crippen molar-refractivity contribution < 1.29 is 39.5 Å². The van der Waals surface area contributed by atoms with E-state index in [0.29, 0.717) is 0 Å². The van der Waals surface area contributed by atoms with Gasteiger partial charge in [-0.2, -0.15) is 0 Å². The Morgan fingerprint density at radius 3 is 2.24 bits per heavy atom. The first-order valence-electron chi connectivity index (χ1n) is 4.76. The number of ether oxygens (including phenoxy) is 1. The van der Waals surface area contributed by atoms with Crippen molar-refractivity contribution in [3.8, 4) is 0 Å². The van der Waals surface area contributed by atoms with Crippen LogP contribution in [-0.2, 0) is 19.1 Å². The van der Waals surface area contributed by atoms with Gasteiger partial charge in [-0.3, -0.25) is 14.4 Å². The summed E-state index contributed by atoms with van der Waals surface area (Å²) >= 11 is 0. The van der Waals surface area contributed by atoms with Gasteiger partial charge in [0.05, 0.1) is 19.4 Å². The van der Waals surface area contributed by atoms with Gasteiger partial charge in [0, 0.05) is 0 Å². The highest BCUT2D eigenvalue weighted by atomic mass is 16.6. The Hall–Kier alpha value is -1.51. The molecular formula is C9H14O8. The van der Waals surface area contributed by atoms with Gasteiger partial charge in [-0.25, -0.2) is 0 Å². The predicted octanol–water partition coefficient (Wildman–Crippen LogP) is -2.32. The van der Waals surface area contributed by atoms with Gasteiger partial charge in [0.1, 0.15) is 12.2 Å². The lowest BCUT2D eigenvalue weighted by Gasteiger charge is -2.21. The molecule has 0 amide bonds. The van der Waals surface area contributed by atoms with Crippen LogP contribution in [0.5, 0.6) is 0 Å². The van der Waals surface area contributed by atoms with Crippen LogP contribution in [0.1, 0.15) is 12.8 Å². The van der Waals surface area contributed by atoms with Crippen LogP contribution in [0, 0.1) is 0 Å². The van der Waals surface area contributed by atoms with E-state index in [-0.39, 0.29) is 6.29 Å². The Bertz CT molecular complexity index is 276. The molecule has 0 aliphatic carbocycles. The summed E-state index contributed by atoms with van der Waals surface area (Å²) in [5.41, 5.74) is 0. The number of aldehydes is 1. The van der Waals surface area contributed by atoms with Gasteiger partial charge in [0.25, 0.3) is 0 Å². The first-order valence-corrected chi connectivity index (χ1v) is 4.76. The number of hydrogen-bond acceptors (Lipinski definition) is 7. The standard InChI is InChI=1S/C9H14O8/c10-3-5(12)9(16)6(4-11)17-8(15)2-1-7(13)14/h4-6,9-10,12,16H,1-3H2,(H,13,14)/t5-,6+,9+/m1/s1. The second-order valence-corrected chi connectivity index (χ2v) is 3.22. The number of aliphatic carboxylic acids is 1. The normalized spacial score (nSPS) is 15.7. The Morgan fingerprint density at radius 1 is 1.24 bits per heavy atom. The summed E-state index contributed by atoms with van der Waals surface area (Å²) in [6.07, 6.45) is -5.87. The van der Waals surface area contributed by atoms with Crippen LogP contribution in [0.15, 0.2) is 0 Å². The van der Waals surface area contributed by atoms with Gasteiger partial charge < -0.3 is 25.2 Å². The third-order valence-electron chi connectivity index (χ3n) is 1.86. The van der Waals surface area contributed by atoms with Crippen molar-refractivity contribution in [3.05, 3.63) is 0 Å². The number of carboxylic acids is 1. The molecular weight excluding hydrogens is 236 g/mol. The molecule has 0 aromatic carbocycles. The van der Waals surface area contributed by atoms with Crippen LogP contribution in [-0.4, -0.2) is 63.6 Å². The van der Waals surface area contributed by atoms with Crippen molar-refractivity contribution >= 4 is 18.2 Å². The lowest BCUT2D eigenvalue weighted by atomic mass is 10.1. The molecule has 3 atom stereocenters. The van der Waals surface area contributed by atoms with E-state index in [1.165, 1.54) is 0 Å². The molecule has 0 heterocycles. The van der Waals surface area contributed by atoms with Crippen molar-refractivity contribution in [2.75, 3.05) is 6.61 Å². The molecule has 0 spiro atoms. The number of carbonyl (C=O) groups is 3. The Kier molecular flexibility index (Phi) is 7.03. The van der Waals surface area contributed by atoms with Crippen LogP contribution >= 0.6 is 0 Å². The van der Waals surface area contributed by atoms with E-state index in [0.717, 1.165) is 0 Å². The average molecular weight is 250 g/mol. The minimum atomic E-state index is -1.76. The van der Waals surface area contributed by atoms with Gasteiger partial charge in [0.2, 0.25) is 0 Å². The lowest BCUT2D eigenvalue weighted by molar-refractivity contribution is -0.164. The second-order valence-electron chi connectivity index (χ2n) is 3.22. The Balaban J connectivity index is 4.25. The first-order chi connectivity index (χ1) is 7.92. The number of rotatable bonds is 8.